The highest BCUT2D eigenvalue weighted by Gasteiger charge is 2.18. The molecule has 0 aliphatic heterocycles. The summed E-state index contributed by atoms with van der Waals surface area (Å²) in [5, 5.41) is 25.5. The van der Waals surface area contributed by atoms with E-state index in [-0.39, 0.29) is 19.8 Å². The molecule has 0 fully saturated rings. The van der Waals surface area contributed by atoms with Gasteiger partial charge >= 0.3 is 10.4 Å². The van der Waals surface area contributed by atoms with Crippen molar-refractivity contribution in [3.05, 3.63) is 0 Å². The number of nitrogens with zero attached hydrogens (tertiary/aromatic N) is 1. The molecule has 0 amide bonds. The van der Waals surface area contributed by atoms with Crippen LogP contribution in [0.1, 0.15) is 105 Å². The molecule has 35 heavy (non-hydrogen) atoms. The Balaban J connectivity index is 0. The fourth-order valence-electron chi connectivity index (χ4n) is 4.71. The molecule has 0 aromatic carbocycles. The van der Waals surface area contributed by atoms with Gasteiger partial charge in [-0.05, 0) is 43.9 Å². The van der Waals surface area contributed by atoms with Gasteiger partial charge in [0.05, 0.1) is 25.9 Å². The topological polar surface area (TPSA) is 128 Å². The quantitative estimate of drug-likeness (QED) is 0.118. The molecule has 0 bridgehead atoms. The summed E-state index contributed by atoms with van der Waals surface area (Å²) < 4.78 is 34.8. The van der Waals surface area contributed by atoms with Crippen LogP contribution < -0.4 is 0 Å². The van der Waals surface area contributed by atoms with E-state index in [0.29, 0.717) is 37.9 Å². The van der Waals surface area contributed by atoms with Crippen molar-refractivity contribution >= 4 is 10.4 Å². The van der Waals surface area contributed by atoms with Crippen LogP contribution in [0.2, 0.25) is 0 Å². The second-order valence-corrected chi connectivity index (χ2v) is 11.3. The van der Waals surface area contributed by atoms with Crippen LogP contribution in [0, 0.1) is 17.8 Å². The minimum atomic E-state index is -4.34. The molecule has 0 spiro atoms. The molecule has 0 saturated heterocycles. The van der Waals surface area contributed by atoms with E-state index in [1.165, 1.54) is 57.8 Å². The van der Waals surface area contributed by atoms with E-state index in [0.717, 1.165) is 12.3 Å². The fraction of sp³-hybridized carbons (Fsp3) is 1.00. The van der Waals surface area contributed by atoms with Crippen molar-refractivity contribution in [1.29, 1.82) is 0 Å². The average molecular weight is 528 g/mol. The zero-order valence-corrected chi connectivity index (χ0v) is 24.0. The fourth-order valence-corrected chi connectivity index (χ4v) is 5.20. The van der Waals surface area contributed by atoms with E-state index < -0.39 is 16.5 Å². The predicted molar refractivity (Wildman–Crippen MR) is 144 cm³/mol. The van der Waals surface area contributed by atoms with Crippen LogP contribution in [-0.2, 0) is 14.6 Å². The Hall–Kier alpha value is -0.290. The summed E-state index contributed by atoms with van der Waals surface area (Å²) in [6.07, 6.45) is 13.3. The van der Waals surface area contributed by atoms with Crippen molar-refractivity contribution in [2.24, 2.45) is 17.8 Å². The monoisotopic (exact) mass is 527 g/mol. The zero-order chi connectivity index (χ0) is 27.1. The van der Waals surface area contributed by atoms with Gasteiger partial charge in [-0.25, -0.2) is 4.18 Å². The number of aliphatic hydroxyl groups is 3. The lowest BCUT2D eigenvalue weighted by atomic mass is 9.86. The molecule has 0 radical (unpaired) electrons. The van der Waals surface area contributed by atoms with Crippen molar-refractivity contribution in [1.82, 2.24) is 4.90 Å². The lowest BCUT2D eigenvalue weighted by Crippen LogP contribution is -2.32. The van der Waals surface area contributed by atoms with E-state index >= 15 is 0 Å². The third-order valence-electron chi connectivity index (χ3n) is 6.18. The average Bonchev–Trinajstić information content (AvgIpc) is 2.72. The molecule has 0 aromatic heterocycles. The molecule has 8 nitrogen and oxygen atoms in total. The summed E-state index contributed by atoms with van der Waals surface area (Å²) in [5.74, 6) is 1.77. The maximum atomic E-state index is 10.7. The molecule has 0 aliphatic carbocycles. The Morgan fingerprint density at radius 2 is 1.11 bits per heavy atom. The molecular formula is C26H57NO7S. The van der Waals surface area contributed by atoms with E-state index in [2.05, 4.69) is 31.9 Å². The second kappa shape index (κ2) is 24.1. The van der Waals surface area contributed by atoms with Crippen LogP contribution in [-0.4, -0.2) is 78.7 Å². The van der Waals surface area contributed by atoms with Crippen molar-refractivity contribution in [2.75, 3.05) is 39.5 Å². The minimum absolute atomic E-state index is 0.0694. The molecule has 4 unspecified atom stereocenters. The first-order valence-corrected chi connectivity index (χ1v) is 15.1. The molecule has 0 aromatic rings. The normalized spacial score (nSPS) is 15.4. The Labute approximate surface area is 216 Å². The van der Waals surface area contributed by atoms with Crippen LogP contribution >= 0.6 is 0 Å². The highest BCUT2D eigenvalue weighted by atomic mass is 32.3. The van der Waals surface area contributed by atoms with Gasteiger partial charge in [0.1, 0.15) is 0 Å². The summed E-state index contributed by atoms with van der Waals surface area (Å²) in [6, 6.07) is 0. The van der Waals surface area contributed by atoms with Gasteiger partial charge in [-0.2, -0.15) is 8.42 Å². The summed E-state index contributed by atoms with van der Waals surface area (Å²) in [5.41, 5.74) is 0. The van der Waals surface area contributed by atoms with Crippen LogP contribution in [0.4, 0.5) is 0 Å². The van der Waals surface area contributed by atoms with Crippen molar-refractivity contribution in [3.63, 3.8) is 0 Å². The molecule has 0 rings (SSSR count). The van der Waals surface area contributed by atoms with Gasteiger partial charge in [0.2, 0.25) is 0 Å². The van der Waals surface area contributed by atoms with E-state index in [4.69, 9.17) is 19.9 Å². The van der Waals surface area contributed by atoms with Crippen LogP contribution in [0.3, 0.4) is 0 Å². The zero-order valence-electron chi connectivity index (χ0n) is 23.2. The van der Waals surface area contributed by atoms with Gasteiger partial charge in [-0.15, -0.1) is 0 Å². The number of hydrogen-bond donors (Lipinski definition) is 4. The molecular weight excluding hydrogens is 470 g/mol. The van der Waals surface area contributed by atoms with E-state index in [1.807, 2.05) is 0 Å². The van der Waals surface area contributed by atoms with Crippen molar-refractivity contribution < 1.29 is 32.5 Å². The van der Waals surface area contributed by atoms with E-state index in [9.17, 15) is 8.42 Å². The van der Waals surface area contributed by atoms with Crippen molar-refractivity contribution in [2.45, 2.75) is 111 Å². The van der Waals surface area contributed by atoms with Gasteiger partial charge in [0, 0.05) is 19.6 Å². The third-order valence-corrected chi connectivity index (χ3v) is 6.75. The Kier molecular flexibility index (Phi) is 25.4. The third kappa shape index (κ3) is 28.1. The SMILES string of the molecule is CCCCCCCCCC(C)CC(C)CC(C)CC(C)OS(=O)(=O)O.OCCN(CCO)CCO. The summed E-state index contributed by atoms with van der Waals surface area (Å²) in [4.78, 5) is 1.79. The summed E-state index contributed by atoms with van der Waals surface area (Å²) >= 11 is 0. The maximum absolute atomic E-state index is 10.7. The lowest BCUT2D eigenvalue weighted by molar-refractivity contribution is 0.136. The number of aliphatic hydroxyl groups excluding tert-OH is 3. The standard InChI is InChI=1S/C20H42O4S.C6H15NO3/c1-6-7-8-9-10-11-12-13-17(2)14-18(3)15-19(4)16-20(5)24-25(21,22)23;8-4-1-7(2-5-9)3-6-10/h17-20H,6-16H2,1-5H3,(H,21,22,23);8-10H,1-6H2. The van der Waals surface area contributed by atoms with Crippen LogP contribution in [0.5, 0.6) is 0 Å². The Morgan fingerprint density at radius 3 is 1.57 bits per heavy atom. The number of hydrogen-bond acceptors (Lipinski definition) is 7. The molecule has 9 heteroatoms. The van der Waals surface area contributed by atoms with Crippen LogP contribution in [0.25, 0.3) is 0 Å². The molecule has 214 valence electrons. The van der Waals surface area contributed by atoms with E-state index in [1.54, 1.807) is 11.8 Å². The largest absolute Gasteiger partial charge is 0.397 e. The highest BCUT2D eigenvalue weighted by Crippen LogP contribution is 2.26. The number of unbranched alkanes of at least 4 members (excludes halogenated alkanes) is 6. The smallest absolute Gasteiger partial charge is 0.395 e. The first-order chi connectivity index (χ1) is 16.5. The predicted octanol–water partition coefficient (Wildman–Crippen LogP) is 4.68. The van der Waals surface area contributed by atoms with Crippen LogP contribution in [0.15, 0.2) is 0 Å². The van der Waals surface area contributed by atoms with Gasteiger partial charge < -0.3 is 15.3 Å². The molecule has 4 atom stereocenters. The number of rotatable bonds is 22. The van der Waals surface area contributed by atoms with Crippen molar-refractivity contribution in [3.8, 4) is 0 Å². The molecule has 0 heterocycles. The van der Waals surface area contributed by atoms with Gasteiger partial charge in [-0.3, -0.25) is 9.45 Å². The van der Waals surface area contributed by atoms with Gasteiger partial charge in [-0.1, -0.05) is 79.1 Å². The Bertz CT molecular complexity index is 534. The summed E-state index contributed by atoms with van der Waals surface area (Å²) in [6.45, 7) is 12.5. The maximum Gasteiger partial charge on any atom is 0.397 e. The van der Waals surface area contributed by atoms with Gasteiger partial charge in [0.25, 0.3) is 0 Å². The minimum Gasteiger partial charge on any atom is -0.395 e. The molecule has 4 N–H and O–H groups in total. The molecule has 0 saturated carbocycles. The summed E-state index contributed by atoms with van der Waals surface area (Å²) in [7, 11) is -4.34. The van der Waals surface area contributed by atoms with Gasteiger partial charge in [0.15, 0.2) is 0 Å². The highest BCUT2D eigenvalue weighted by molar-refractivity contribution is 7.80. The second-order valence-electron chi connectivity index (χ2n) is 10.3. The first-order valence-electron chi connectivity index (χ1n) is 13.7. The first kappa shape index (κ1) is 36.9. The Morgan fingerprint density at radius 1 is 0.686 bits per heavy atom. The lowest BCUT2D eigenvalue weighted by Gasteiger charge is -2.22. The molecule has 0 aliphatic rings.